The molecule has 1 N–H and O–H groups in total. The molecule has 0 saturated carbocycles. The number of rotatable bonds is 2. The lowest BCUT2D eigenvalue weighted by Crippen LogP contribution is -2.34. The summed E-state index contributed by atoms with van der Waals surface area (Å²) in [6.07, 6.45) is 4.27. The zero-order chi connectivity index (χ0) is 10.4. The van der Waals surface area contributed by atoms with Crippen molar-refractivity contribution < 1.29 is 4.74 Å². The molecule has 5 nitrogen and oxygen atoms in total. The molecule has 1 atom stereocenters. The highest BCUT2D eigenvalue weighted by atomic mass is 16.5. The van der Waals surface area contributed by atoms with Crippen molar-refractivity contribution in [1.82, 2.24) is 10.2 Å². The van der Waals surface area contributed by atoms with E-state index in [1.54, 1.807) is 4.90 Å². The summed E-state index contributed by atoms with van der Waals surface area (Å²) >= 11 is 0. The first-order valence-electron chi connectivity index (χ1n) is 4.72. The Hall–Kier alpha value is -1.28. The molecule has 1 unspecified atom stereocenters. The van der Waals surface area contributed by atoms with E-state index >= 15 is 0 Å². The Morgan fingerprint density at radius 2 is 2.50 bits per heavy atom. The third kappa shape index (κ3) is 3.23. The first-order chi connectivity index (χ1) is 6.74. The molecule has 0 amide bonds. The summed E-state index contributed by atoms with van der Waals surface area (Å²) in [6, 6.07) is 0. The molecule has 1 heterocycles. The molecule has 14 heavy (non-hydrogen) atoms. The van der Waals surface area contributed by atoms with Crippen LogP contribution in [0.15, 0.2) is 4.99 Å². The zero-order valence-electron chi connectivity index (χ0n) is 8.66. The van der Waals surface area contributed by atoms with Crippen LogP contribution in [0.4, 0.5) is 0 Å². The maximum absolute atomic E-state index is 8.48. The average molecular weight is 196 g/mol. The van der Waals surface area contributed by atoms with Crippen LogP contribution in [0, 0.1) is 11.5 Å². The first-order valence-corrected chi connectivity index (χ1v) is 4.72. The second-order valence-corrected chi connectivity index (χ2v) is 3.43. The fourth-order valence-corrected chi connectivity index (χ4v) is 1.32. The molecular weight excluding hydrogens is 180 g/mol. The molecule has 1 aliphatic rings. The first kappa shape index (κ1) is 10.8. The van der Waals surface area contributed by atoms with Crippen molar-refractivity contribution >= 4 is 5.96 Å². The Morgan fingerprint density at radius 1 is 1.71 bits per heavy atom. The number of hydrogen-bond acceptors (Lipinski definition) is 3. The molecule has 1 rings (SSSR count). The summed E-state index contributed by atoms with van der Waals surface area (Å²) in [5.41, 5.74) is 0. The lowest BCUT2D eigenvalue weighted by atomic mass is 10.2. The smallest absolute Gasteiger partial charge is 0.206 e. The van der Waals surface area contributed by atoms with Crippen molar-refractivity contribution in [3.8, 4) is 6.19 Å². The number of hydrogen-bond donors (Lipinski definition) is 1. The van der Waals surface area contributed by atoms with E-state index in [1.807, 2.05) is 20.3 Å². The lowest BCUT2D eigenvalue weighted by molar-refractivity contribution is 0.117. The Labute approximate surface area is 84.4 Å². The average Bonchev–Trinajstić information content (AvgIpc) is 2.64. The summed E-state index contributed by atoms with van der Waals surface area (Å²) in [5, 5.41) is 11.0. The van der Waals surface area contributed by atoms with E-state index in [4.69, 9.17) is 10.00 Å². The number of aliphatic imine (C=N–C) groups is 1. The van der Waals surface area contributed by atoms with Crippen molar-refractivity contribution in [3.63, 3.8) is 0 Å². The number of ether oxygens (including phenoxy) is 1. The van der Waals surface area contributed by atoms with Gasteiger partial charge in [0, 0.05) is 20.7 Å². The SMILES string of the molecule is CN(C)C(=NCC1CCCO1)NC#N. The molecule has 0 spiro atoms. The van der Waals surface area contributed by atoms with E-state index in [2.05, 4.69) is 10.3 Å². The van der Waals surface area contributed by atoms with Crippen LogP contribution in [0.2, 0.25) is 0 Å². The van der Waals surface area contributed by atoms with Crippen LogP contribution in [0.1, 0.15) is 12.8 Å². The van der Waals surface area contributed by atoms with Crippen molar-refractivity contribution in [2.45, 2.75) is 18.9 Å². The van der Waals surface area contributed by atoms with Crippen molar-refractivity contribution in [1.29, 1.82) is 5.26 Å². The van der Waals surface area contributed by atoms with Crippen molar-refractivity contribution in [3.05, 3.63) is 0 Å². The van der Waals surface area contributed by atoms with Crippen LogP contribution in [0.5, 0.6) is 0 Å². The van der Waals surface area contributed by atoms with Crippen LogP contribution in [-0.2, 0) is 4.74 Å². The van der Waals surface area contributed by atoms with Gasteiger partial charge in [0.05, 0.1) is 12.6 Å². The van der Waals surface area contributed by atoms with Gasteiger partial charge in [0.2, 0.25) is 5.96 Å². The quantitative estimate of drug-likeness (QED) is 0.296. The predicted octanol–water partition coefficient (Wildman–Crippen LogP) is 0.154. The number of guanidine groups is 1. The van der Waals surface area contributed by atoms with Crippen LogP contribution in [0.3, 0.4) is 0 Å². The minimum atomic E-state index is 0.227. The molecule has 0 aromatic rings. The van der Waals surface area contributed by atoms with Gasteiger partial charge >= 0.3 is 0 Å². The molecule has 5 heteroatoms. The highest BCUT2D eigenvalue weighted by Crippen LogP contribution is 2.11. The number of nitriles is 1. The summed E-state index contributed by atoms with van der Waals surface area (Å²) < 4.78 is 5.42. The normalized spacial score (nSPS) is 21.8. The summed E-state index contributed by atoms with van der Waals surface area (Å²) in [6.45, 7) is 1.46. The monoisotopic (exact) mass is 196 g/mol. The Kier molecular flexibility index (Phi) is 4.20. The van der Waals surface area contributed by atoms with E-state index in [0.29, 0.717) is 12.5 Å². The molecule has 0 bridgehead atoms. The van der Waals surface area contributed by atoms with Gasteiger partial charge in [-0.15, -0.1) is 0 Å². The molecule has 78 valence electrons. The van der Waals surface area contributed by atoms with Crippen molar-refractivity contribution in [2.75, 3.05) is 27.2 Å². The molecule has 1 fully saturated rings. The van der Waals surface area contributed by atoms with Gasteiger partial charge in [-0.1, -0.05) is 0 Å². The van der Waals surface area contributed by atoms with E-state index in [-0.39, 0.29) is 6.10 Å². The fourth-order valence-electron chi connectivity index (χ4n) is 1.32. The maximum atomic E-state index is 8.48. The number of nitrogens with one attached hydrogen (secondary N) is 1. The Balaban J connectivity index is 2.41. The molecule has 0 aromatic heterocycles. The molecule has 0 radical (unpaired) electrons. The van der Waals surface area contributed by atoms with Crippen LogP contribution < -0.4 is 5.32 Å². The molecular formula is C9H16N4O. The van der Waals surface area contributed by atoms with Gasteiger partial charge in [0.25, 0.3) is 0 Å². The minimum absolute atomic E-state index is 0.227. The topological polar surface area (TPSA) is 60.6 Å². The van der Waals surface area contributed by atoms with Gasteiger partial charge < -0.3 is 9.64 Å². The highest BCUT2D eigenvalue weighted by Gasteiger charge is 2.15. The lowest BCUT2D eigenvalue weighted by Gasteiger charge is -2.14. The van der Waals surface area contributed by atoms with Crippen LogP contribution >= 0.6 is 0 Å². The summed E-state index contributed by atoms with van der Waals surface area (Å²) in [7, 11) is 3.69. The molecule has 1 saturated heterocycles. The highest BCUT2D eigenvalue weighted by molar-refractivity contribution is 5.80. The van der Waals surface area contributed by atoms with E-state index in [0.717, 1.165) is 19.4 Å². The van der Waals surface area contributed by atoms with E-state index < -0.39 is 0 Å². The van der Waals surface area contributed by atoms with Crippen LogP contribution in [-0.4, -0.2) is 44.2 Å². The van der Waals surface area contributed by atoms with E-state index in [9.17, 15) is 0 Å². The minimum Gasteiger partial charge on any atom is -0.376 e. The second kappa shape index (κ2) is 5.45. The Bertz CT molecular complexity index is 238. The summed E-state index contributed by atoms with van der Waals surface area (Å²) in [4.78, 5) is 6.05. The fraction of sp³-hybridized carbons (Fsp3) is 0.778. The third-order valence-corrected chi connectivity index (χ3v) is 2.06. The van der Waals surface area contributed by atoms with Gasteiger partial charge in [0.15, 0.2) is 6.19 Å². The molecule has 0 aromatic carbocycles. The zero-order valence-corrected chi connectivity index (χ0v) is 8.66. The standard InChI is InChI=1S/C9H16N4O/c1-13(2)9(12-7-10)11-6-8-4-3-5-14-8/h8H,3-6H2,1-2H3,(H,11,12). The largest absolute Gasteiger partial charge is 0.376 e. The maximum Gasteiger partial charge on any atom is 0.206 e. The number of nitrogens with zero attached hydrogens (tertiary/aromatic N) is 3. The molecule has 0 aliphatic carbocycles. The second-order valence-electron chi connectivity index (χ2n) is 3.43. The Morgan fingerprint density at radius 3 is 3.00 bits per heavy atom. The predicted molar refractivity (Wildman–Crippen MR) is 53.7 cm³/mol. The van der Waals surface area contributed by atoms with Crippen LogP contribution in [0.25, 0.3) is 0 Å². The summed E-state index contributed by atoms with van der Waals surface area (Å²) in [5.74, 6) is 0.586. The van der Waals surface area contributed by atoms with E-state index in [1.165, 1.54) is 0 Å². The molecule has 1 aliphatic heterocycles. The third-order valence-electron chi connectivity index (χ3n) is 2.06. The van der Waals surface area contributed by atoms with Crippen molar-refractivity contribution in [2.24, 2.45) is 4.99 Å². The van der Waals surface area contributed by atoms with Gasteiger partial charge in [-0.05, 0) is 12.8 Å². The van der Waals surface area contributed by atoms with Gasteiger partial charge in [0.1, 0.15) is 0 Å². The van der Waals surface area contributed by atoms with Gasteiger partial charge in [-0.2, -0.15) is 5.26 Å². The van der Waals surface area contributed by atoms with Gasteiger partial charge in [-0.3, -0.25) is 5.32 Å². The van der Waals surface area contributed by atoms with Gasteiger partial charge in [-0.25, -0.2) is 4.99 Å².